The molecule has 10 heteroatoms. The fourth-order valence-corrected chi connectivity index (χ4v) is 5.39. The molecule has 1 aliphatic heterocycles. The van der Waals surface area contributed by atoms with E-state index in [4.69, 9.17) is 14.2 Å². The van der Waals surface area contributed by atoms with Gasteiger partial charge in [0.05, 0.1) is 38.1 Å². The summed E-state index contributed by atoms with van der Waals surface area (Å²) < 4.78 is 16.0. The van der Waals surface area contributed by atoms with E-state index < -0.39 is 23.7 Å². The SMILES string of the molecule is CCOc1ccc(C2C(=C(O)c3cc(C)ccc3C)C(=O)C(=O)N2c2nc(C)c(C(=O)OC)s2)cc1OC. The molecule has 1 aliphatic rings. The second-order valence-electron chi connectivity index (χ2n) is 8.73. The fraction of sp³-hybridized carbons (Fsp3) is 0.286. The predicted molar refractivity (Wildman–Crippen MR) is 143 cm³/mol. The van der Waals surface area contributed by atoms with Gasteiger partial charge in [0.25, 0.3) is 5.78 Å². The Labute approximate surface area is 224 Å². The summed E-state index contributed by atoms with van der Waals surface area (Å²) in [5, 5.41) is 11.6. The van der Waals surface area contributed by atoms with E-state index in [1.165, 1.54) is 19.1 Å². The van der Waals surface area contributed by atoms with Crippen molar-refractivity contribution in [3.05, 3.63) is 74.8 Å². The molecule has 4 rings (SSSR count). The fourth-order valence-electron chi connectivity index (χ4n) is 4.38. The summed E-state index contributed by atoms with van der Waals surface area (Å²) in [5.41, 5.74) is 2.81. The minimum Gasteiger partial charge on any atom is -0.507 e. The summed E-state index contributed by atoms with van der Waals surface area (Å²) >= 11 is 0.937. The maximum Gasteiger partial charge on any atom is 0.350 e. The van der Waals surface area contributed by atoms with Crippen molar-refractivity contribution in [2.45, 2.75) is 33.7 Å². The lowest BCUT2D eigenvalue weighted by atomic mass is 9.93. The highest BCUT2D eigenvalue weighted by Gasteiger charge is 2.48. The molecule has 0 saturated carbocycles. The van der Waals surface area contributed by atoms with Gasteiger partial charge in [-0.2, -0.15) is 0 Å². The highest BCUT2D eigenvalue weighted by molar-refractivity contribution is 7.17. The van der Waals surface area contributed by atoms with E-state index in [9.17, 15) is 19.5 Å². The lowest BCUT2D eigenvalue weighted by molar-refractivity contribution is -0.132. The Morgan fingerprint density at radius 1 is 1.08 bits per heavy atom. The highest BCUT2D eigenvalue weighted by Crippen LogP contribution is 2.45. The first-order valence-corrected chi connectivity index (χ1v) is 12.7. The number of ether oxygens (including phenoxy) is 3. The van der Waals surface area contributed by atoms with Gasteiger partial charge in [-0.05, 0) is 57.0 Å². The molecule has 0 spiro atoms. The van der Waals surface area contributed by atoms with Crippen molar-refractivity contribution in [3.63, 3.8) is 0 Å². The van der Waals surface area contributed by atoms with Crippen LogP contribution in [-0.4, -0.2) is 48.6 Å². The highest BCUT2D eigenvalue weighted by atomic mass is 32.1. The van der Waals surface area contributed by atoms with Crippen molar-refractivity contribution < 1.29 is 33.7 Å². The Morgan fingerprint density at radius 3 is 2.47 bits per heavy atom. The molecule has 1 amide bonds. The number of aromatic nitrogens is 1. The number of aryl methyl sites for hydroxylation is 3. The minimum absolute atomic E-state index is 0.0950. The van der Waals surface area contributed by atoms with Crippen LogP contribution in [0.4, 0.5) is 5.13 Å². The largest absolute Gasteiger partial charge is 0.507 e. The number of carbonyl (C=O) groups excluding carboxylic acids is 3. The monoisotopic (exact) mass is 536 g/mol. The van der Waals surface area contributed by atoms with Gasteiger partial charge in [-0.3, -0.25) is 14.5 Å². The second kappa shape index (κ2) is 10.7. The summed E-state index contributed by atoms with van der Waals surface area (Å²) in [6.45, 7) is 7.56. The van der Waals surface area contributed by atoms with Crippen LogP contribution in [0.25, 0.3) is 5.76 Å². The van der Waals surface area contributed by atoms with Crippen LogP contribution in [0.15, 0.2) is 42.0 Å². The van der Waals surface area contributed by atoms with Crippen LogP contribution in [0.2, 0.25) is 0 Å². The number of benzene rings is 2. The van der Waals surface area contributed by atoms with Crippen LogP contribution < -0.4 is 14.4 Å². The van der Waals surface area contributed by atoms with Gasteiger partial charge in [0.2, 0.25) is 0 Å². The number of rotatable bonds is 7. The molecule has 2 aromatic carbocycles. The van der Waals surface area contributed by atoms with Crippen molar-refractivity contribution in [2.75, 3.05) is 25.7 Å². The summed E-state index contributed by atoms with van der Waals surface area (Å²) in [6, 6.07) is 9.49. The number of methoxy groups -OCH3 is 2. The van der Waals surface area contributed by atoms with Gasteiger partial charge in [-0.15, -0.1) is 0 Å². The first-order chi connectivity index (χ1) is 18.1. The molecular formula is C28H28N2O7S. The molecule has 1 N–H and O–H groups in total. The van der Waals surface area contributed by atoms with E-state index in [-0.39, 0.29) is 21.3 Å². The molecule has 198 valence electrons. The number of carbonyl (C=O) groups is 3. The number of anilines is 1. The van der Waals surface area contributed by atoms with Gasteiger partial charge in [-0.25, -0.2) is 9.78 Å². The number of Topliss-reactive ketones (excluding diaryl/α,β-unsaturated/α-hetero) is 1. The second-order valence-corrected chi connectivity index (χ2v) is 9.71. The lowest BCUT2D eigenvalue weighted by Gasteiger charge is -2.24. The Kier molecular flexibility index (Phi) is 7.54. The first kappa shape index (κ1) is 26.9. The maximum atomic E-state index is 13.5. The number of thiazole rings is 1. The number of aliphatic hydroxyl groups is 1. The molecule has 1 atom stereocenters. The summed E-state index contributed by atoms with van der Waals surface area (Å²) in [7, 11) is 2.74. The number of esters is 1. The Bertz CT molecular complexity index is 1470. The van der Waals surface area contributed by atoms with E-state index >= 15 is 0 Å². The zero-order valence-electron chi connectivity index (χ0n) is 21.9. The van der Waals surface area contributed by atoms with Gasteiger partial charge in [-0.1, -0.05) is 35.1 Å². The molecule has 0 radical (unpaired) electrons. The maximum absolute atomic E-state index is 13.5. The van der Waals surface area contributed by atoms with Gasteiger partial charge in [0.1, 0.15) is 10.6 Å². The molecule has 2 heterocycles. The van der Waals surface area contributed by atoms with E-state index in [0.29, 0.717) is 34.9 Å². The number of hydrogen-bond acceptors (Lipinski definition) is 9. The molecular weight excluding hydrogens is 508 g/mol. The molecule has 9 nitrogen and oxygen atoms in total. The minimum atomic E-state index is -1.05. The van der Waals surface area contributed by atoms with Crippen LogP contribution in [-0.2, 0) is 14.3 Å². The molecule has 3 aromatic rings. The van der Waals surface area contributed by atoms with Gasteiger partial charge in [0.15, 0.2) is 16.6 Å². The summed E-state index contributed by atoms with van der Waals surface area (Å²) in [5.74, 6) is -1.76. The predicted octanol–water partition coefficient (Wildman–Crippen LogP) is 4.89. The Hall–Kier alpha value is -4.18. The van der Waals surface area contributed by atoms with Crippen molar-refractivity contribution >= 4 is 39.9 Å². The zero-order chi connectivity index (χ0) is 27.7. The third-order valence-electron chi connectivity index (χ3n) is 6.26. The molecule has 1 saturated heterocycles. The standard InChI is InChI=1S/C28H28N2O7S/c1-7-37-19-11-10-17(13-20(19)35-5)22-21(23(31)18-12-14(2)8-9-15(18)3)24(32)26(33)30(22)28-29-16(4)25(38-28)27(34)36-6/h8-13,22,31H,7H2,1-6H3. The van der Waals surface area contributed by atoms with Gasteiger partial charge < -0.3 is 19.3 Å². The molecule has 0 bridgehead atoms. The number of hydrogen-bond donors (Lipinski definition) is 1. The van der Waals surface area contributed by atoms with Gasteiger partial charge >= 0.3 is 11.9 Å². The number of aliphatic hydroxyl groups excluding tert-OH is 1. The van der Waals surface area contributed by atoms with E-state index in [1.807, 2.05) is 32.9 Å². The van der Waals surface area contributed by atoms with Crippen LogP contribution in [0, 0.1) is 20.8 Å². The Balaban J connectivity index is 1.99. The molecule has 0 aliphatic carbocycles. The third kappa shape index (κ3) is 4.63. The van der Waals surface area contributed by atoms with Crippen molar-refractivity contribution in [2.24, 2.45) is 0 Å². The molecule has 1 fully saturated rings. The van der Waals surface area contributed by atoms with E-state index in [0.717, 1.165) is 22.5 Å². The molecule has 1 aromatic heterocycles. The quantitative estimate of drug-likeness (QED) is 0.196. The number of nitrogens with zero attached hydrogens (tertiary/aromatic N) is 2. The first-order valence-electron chi connectivity index (χ1n) is 11.9. The van der Waals surface area contributed by atoms with E-state index in [2.05, 4.69) is 4.98 Å². The number of amides is 1. The smallest absolute Gasteiger partial charge is 0.350 e. The molecule has 38 heavy (non-hydrogen) atoms. The van der Waals surface area contributed by atoms with Crippen LogP contribution >= 0.6 is 11.3 Å². The number of ketones is 1. The topological polar surface area (TPSA) is 115 Å². The van der Waals surface area contributed by atoms with Crippen LogP contribution in [0.5, 0.6) is 11.5 Å². The Morgan fingerprint density at radius 2 is 1.82 bits per heavy atom. The van der Waals surface area contributed by atoms with Crippen molar-refractivity contribution in [3.8, 4) is 11.5 Å². The molecule has 1 unspecified atom stereocenters. The lowest BCUT2D eigenvalue weighted by Crippen LogP contribution is -2.29. The summed E-state index contributed by atoms with van der Waals surface area (Å²) in [4.78, 5) is 45.1. The third-order valence-corrected chi connectivity index (χ3v) is 7.39. The average molecular weight is 537 g/mol. The average Bonchev–Trinajstić information content (AvgIpc) is 3.41. The zero-order valence-corrected chi connectivity index (χ0v) is 22.8. The van der Waals surface area contributed by atoms with Crippen molar-refractivity contribution in [1.29, 1.82) is 0 Å². The summed E-state index contributed by atoms with van der Waals surface area (Å²) in [6.07, 6.45) is 0. The normalized spacial score (nSPS) is 16.6. The van der Waals surface area contributed by atoms with Crippen molar-refractivity contribution in [1.82, 2.24) is 4.98 Å². The van der Waals surface area contributed by atoms with Gasteiger partial charge in [0, 0.05) is 5.56 Å². The van der Waals surface area contributed by atoms with E-state index in [1.54, 1.807) is 31.2 Å². The van der Waals surface area contributed by atoms with Crippen LogP contribution in [0.3, 0.4) is 0 Å². The van der Waals surface area contributed by atoms with Crippen LogP contribution in [0.1, 0.15) is 50.6 Å².